The lowest BCUT2D eigenvalue weighted by atomic mass is 9.92. The average Bonchev–Trinajstić information content (AvgIpc) is 3.27. The predicted octanol–water partition coefficient (Wildman–Crippen LogP) is 13.3. The second-order valence-electron chi connectivity index (χ2n) is 13.7. The second-order valence-corrected chi connectivity index (χ2v) is 13.7. The summed E-state index contributed by atoms with van der Waals surface area (Å²) in [7, 11) is 6.77. The van der Waals surface area contributed by atoms with Gasteiger partial charge >= 0.3 is 0 Å². The van der Waals surface area contributed by atoms with E-state index in [-0.39, 0.29) is 0 Å². The predicted molar refractivity (Wildman–Crippen MR) is 232 cm³/mol. The molecule has 0 unspecified atom stereocenters. The van der Waals surface area contributed by atoms with E-state index in [2.05, 4.69) is 131 Å². The Balaban J connectivity index is 1.28. The van der Waals surface area contributed by atoms with E-state index in [9.17, 15) is 0 Å². The summed E-state index contributed by atoms with van der Waals surface area (Å²) in [5, 5.41) is 9.50. The molecule has 9 rings (SSSR count). The molecule has 0 radical (unpaired) electrons. The van der Waals surface area contributed by atoms with Gasteiger partial charge in [0.05, 0.1) is 28.4 Å². The van der Waals surface area contributed by atoms with Gasteiger partial charge in [0.2, 0.25) is 0 Å². The largest absolute Gasteiger partial charge is 0.497 e. The molecule has 0 saturated heterocycles. The number of methoxy groups -OCH3 is 4. The fourth-order valence-electron chi connectivity index (χ4n) is 7.76. The molecule has 6 heteroatoms. The van der Waals surface area contributed by atoms with Gasteiger partial charge in [0.25, 0.3) is 0 Å². The third-order valence-electron chi connectivity index (χ3n) is 10.6. The van der Waals surface area contributed by atoms with Crippen LogP contribution in [0.4, 0.5) is 34.1 Å². The fourth-order valence-corrected chi connectivity index (χ4v) is 7.76. The van der Waals surface area contributed by atoms with Crippen molar-refractivity contribution in [2.75, 3.05) is 38.2 Å². The first kappa shape index (κ1) is 34.6. The Morgan fingerprint density at radius 2 is 0.500 bits per heavy atom. The molecule has 0 aromatic heterocycles. The highest BCUT2D eigenvalue weighted by atomic mass is 16.5. The van der Waals surface area contributed by atoms with Gasteiger partial charge in [-0.1, -0.05) is 48.5 Å². The third-order valence-corrected chi connectivity index (χ3v) is 10.6. The minimum Gasteiger partial charge on any atom is -0.497 e. The quantitative estimate of drug-likeness (QED) is 0.130. The van der Waals surface area contributed by atoms with E-state index < -0.39 is 0 Å². The van der Waals surface area contributed by atoms with Crippen LogP contribution in [0.25, 0.3) is 43.1 Å². The number of rotatable bonds is 10. The molecule has 56 heavy (non-hydrogen) atoms. The molecule has 0 fully saturated rings. The van der Waals surface area contributed by atoms with Crippen LogP contribution in [0.2, 0.25) is 0 Å². The maximum Gasteiger partial charge on any atom is 0.119 e. The third kappa shape index (κ3) is 6.21. The first-order valence-corrected chi connectivity index (χ1v) is 18.5. The van der Waals surface area contributed by atoms with Crippen molar-refractivity contribution < 1.29 is 18.9 Å². The number of hydrogen-bond acceptors (Lipinski definition) is 6. The van der Waals surface area contributed by atoms with Crippen molar-refractivity contribution in [2.24, 2.45) is 0 Å². The van der Waals surface area contributed by atoms with E-state index in [1.807, 2.05) is 48.5 Å². The van der Waals surface area contributed by atoms with Crippen molar-refractivity contribution in [1.82, 2.24) is 0 Å². The van der Waals surface area contributed by atoms with E-state index in [0.29, 0.717) is 0 Å². The van der Waals surface area contributed by atoms with Gasteiger partial charge in [-0.05, 0) is 164 Å². The molecule has 0 bridgehead atoms. The lowest BCUT2D eigenvalue weighted by Crippen LogP contribution is -2.10. The van der Waals surface area contributed by atoms with Crippen LogP contribution in [0.1, 0.15) is 0 Å². The molecule has 0 amide bonds. The highest BCUT2D eigenvalue weighted by Crippen LogP contribution is 2.44. The van der Waals surface area contributed by atoms with Gasteiger partial charge in [-0.3, -0.25) is 0 Å². The Morgan fingerprint density at radius 3 is 0.768 bits per heavy atom. The van der Waals surface area contributed by atoms with Crippen molar-refractivity contribution in [2.45, 2.75) is 0 Å². The number of fused-ring (bicyclic) bond motifs is 7. The van der Waals surface area contributed by atoms with Crippen molar-refractivity contribution in [3.8, 4) is 23.0 Å². The van der Waals surface area contributed by atoms with Crippen molar-refractivity contribution in [1.29, 1.82) is 0 Å². The average molecular weight is 733 g/mol. The smallest absolute Gasteiger partial charge is 0.119 e. The number of ether oxygens (including phenoxy) is 4. The van der Waals surface area contributed by atoms with Crippen molar-refractivity contribution >= 4 is 77.2 Å². The van der Waals surface area contributed by atoms with Gasteiger partial charge in [-0.2, -0.15) is 0 Å². The van der Waals surface area contributed by atoms with Crippen LogP contribution < -0.4 is 28.7 Å². The Bertz CT molecular complexity index is 2530. The molecular formula is C50H40N2O4. The molecule has 0 atom stereocenters. The Labute approximate surface area is 326 Å². The number of anilines is 6. The summed E-state index contributed by atoms with van der Waals surface area (Å²) in [6.07, 6.45) is 0. The van der Waals surface area contributed by atoms with E-state index in [1.165, 1.54) is 43.1 Å². The Kier molecular flexibility index (Phi) is 9.00. The van der Waals surface area contributed by atoms with Crippen LogP contribution in [-0.4, -0.2) is 28.4 Å². The van der Waals surface area contributed by atoms with Gasteiger partial charge in [-0.15, -0.1) is 0 Å². The maximum absolute atomic E-state index is 5.52. The molecule has 0 saturated carbocycles. The van der Waals surface area contributed by atoms with Crippen LogP contribution in [0, 0.1) is 0 Å². The van der Waals surface area contributed by atoms with Crippen LogP contribution >= 0.6 is 0 Å². The topological polar surface area (TPSA) is 43.4 Å². The van der Waals surface area contributed by atoms with Crippen LogP contribution in [0.3, 0.4) is 0 Å². The van der Waals surface area contributed by atoms with Crippen LogP contribution in [0.5, 0.6) is 23.0 Å². The van der Waals surface area contributed by atoms with Crippen LogP contribution in [-0.2, 0) is 0 Å². The van der Waals surface area contributed by atoms with Crippen molar-refractivity contribution in [3.63, 3.8) is 0 Å². The van der Waals surface area contributed by atoms with Gasteiger partial charge in [0.15, 0.2) is 0 Å². The van der Waals surface area contributed by atoms with Gasteiger partial charge in [-0.25, -0.2) is 0 Å². The maximum atomic E-state index is 5.52. The fraction of sp³-hybridized carbons (Fsp3) is 0.0800. The summed E-state index contributed by atoms with van der Waals surface area (Å²) in [5.41, 5.74) is 6.17. The van der Waals surface area contributed by atoms with Gasteiger partial charge in [0, 0.05) is 34.1 Å². The molecule has 6 nitrogen and oxygen atoms in total. The van der Waals surface area contributed by atoms with Crippen LogP contribution in [0.15, 0.2) is 170 Å². The van der Waals surface area contributed by atoms with E-state index in [4.69, 9.17) is 18.9 Å². The summed E-state index contributed by atoms with van der Waals surface area (Å²) < 4.78 is 22.1. The number of nitrogens with zero attached hydrogens (tertiary/aromatic N) is 2. The molecule has 9 aromatic rings. The zero-order chi connectivity index (χ0) is 38.2. The lowest BCUT2D eigenvalue weighted by molar-refractivity contribution is 0.414. The molecule has 0 aliphatic heterocycles. The van der Waals surface area contributed by atoms with E-state index in [1.54, 1.807) is 28.4 Å². The molecular weight excluding hydrogens is 693 g/mol. The first-order chi connectivity index (χ1) is 27.5. The summed E-state index contributed by atoms with van der Waals surface area (Å²) in [4.78, 5) is 4.56. The number of hydrogen-bond donors (Lipinski definition) is 0. The molecule has 0 aliphatic carbocycles. The number of benzene rings is 9. The lowest BCUT2D eigenvalue weighted by Gasteiger charge is -2.27. The standard InChI is InChI=1S/C50H40N2O4/c1-53-43-23-15-37(16-24-43)51(38-17-25-44(54-2)26-18-38)41-13-11-33-5-7-35-9-10-36-8-6-34-12-14-42(32-48(34)50(36)49(35)47(33)31-41)52(39-19-27-45(55-3)28-20-39)40-21-29-46(56-4)30-22-40/h5-32H,1-4H3. The molecule has 0 heterocycles. The molecule has 0 spiro atoms. The monoisotopic (exact) mass is 732 g/mol. The molecule has 0 aliphatic rings. The second kappa shape index (κ2) is 14.6. The zero-order valence-electron chi connectivity index (χ0n) is 31.7. The highest BCUT2D eigenvalue weighted by molar-refractivity contribution is 6.28. The Hall–Kier alpha value is -7.18. The zero-order valence-corrected chi connectivity index (χ0v) is 31.7. The van der Waals surface area contributed by atoms with E-state index >= 15 is 0 Å². The normalized spacial score (nSPS) is 11.2. The molecule has 9 aromatic carbocycles. The van der Waals surface area contributed by atoms with Gasteiger partial charge < -0.3 is 28.7 Å². The minimum absolute atomic E-state index is 0.809. The Morgan fingerprint density at radius 1 is 0.268 bits per heavy atom. The summed E-state index contributed by atoms with van der Waals surface area (Å²) in [5.74, 6) is 3.23. The molecule has 274 valence electrons. The summed E-state index contributed by atoms with van der Waals surface area (Å²) in [6, 6.07) is 59.7. The minimum atomic E-state index is 0.809. The van der Waals surface area contributed by atoms with E-state index in [0.717, 1.165) is 57.1 Å². The van der Waals surface area contributed by atoms with Gasteiger partial charge in [0.1, 0.15) is 23.0 Å². The summed E-state index contributed by atoms with van der Waals surface area (Å²) >= 11 is 0. The summed E-state index contributed by atoms with van der Waals surface area (Å²) in [6.45, 7) is 0. The highest BCUT2D eigenvalue weighted by Gasteiger charge is 2.18. The molecule has 0 N–H and O–H groups in total. The van der Waals surface area contributed by atoms with Crippen molar-refractivity contribution in [3.05, 3.63) is 170 Å². The SMILES string of the molecule is COc1ccc(N(c2ccc(OC)cc2)c2ccc3ccc4ccc5ccc6ccc(N(c7ccc(OC)cc7)c7ccc(OC)cc7)cc6c5c4c3c2)cc1. The first-order valence-electron chi connectivity index (χ1n) is 18.5.